The van der Waals surface area contributed by atoms with E-state index in [-0.39, 0.29) is 17.4 Å². The fraction of sp³-hybridized carbons (Fsp3) is 0.609. The zero-order valence-electron chi connectivity index (χ0n) is 19.4. The number of aryl methyl sites for hydroxylation is 2. The lowest BCUT2D eigenvalue weighted by Crippen LogP contribution is -2.30. The summed E-state index contributed by atoms with van der Waals surface area (Å²) in [6.07, 6.45) is 3.51. The summed E-state index contributed by atoms with van der Waals surface area (Å²) in [6.45, 7) is 5.34. The Labute approximate surface area is 198 Å². The van der Waals surface area contributed by atoms with Gasteiger partial charge in [0.05, 0.1) is 18.9 Å². The lowest BCUT2D eigenvalue weighted by Gasteiger charge is -2.24. The minimum absolute atomic E-state index is 0.0335. The van der Waals surface area contributed by atoms with Crippen LogP contribution in [0.2, 0.25) is 5.15 Å². The highest BCUT2D eigenvalue weighted by Crippen LogP contribution is 2.26. The Morgan fingerprint density at radius 2 is 2.12 bits per heavy atom. The summed E-state index contributed by atoms with van der Waals surface area (Å²) in [5.41, 5.74) is 2.64. The first-order chi connectivity index (χ1) is 15.9. The van der Waals surface area contributed by atoms with Gasteiger partial charge in [-0.1, -0.05) is 11.6 Å². The molecule has 0 bridgehead atoms. The van der Waals surface area contributed by atoms with Crippen molar-refractivity contribution in [1.29, 1.82) is 0 Å². The van der Waals surface area contributed by atoms with Crippen molar-refractivity contribution in [3.05, 3.63) is 44.1 Å². The number of carbonyl (C=O) groups is 1. The van der Waals surface area contributed by atoms with Crippen LogP contribution in [0, 0.1) is 6.92 Å². The molecule has 0 unspecified atom stereocenters. The molecule has 0 aliphatic carbocycles. The van der Waals surface area contributed by atoms with Crippen LogP contribution in [0.1, 0.15) is 46.6 Å². The van der Waals surface area contributed by atoms with Crippen LogP contribution in [0.5, 0.6) is 5.75 Å². The van der Waals surface area contributed by atoms with Crippen LogP contribution in [0.25, 0.3) is 0 Å². The highest BCUT2D eigenvalue weighted by atomic mass is 35.5. The second kappa shape index (κ2) is 10.3. The first kappa shape index (κ1) is 23.8. The molecular weight excluding hydrogens is 448 g/mol. The standard InChI is InChI=1S/C23H31ClN4O5/c1-15-17(22(24)26(2)25-15)13-27-8-7-18-21(23(30)31-3)19(12-20(29)28(18)10-9-27)33-14-16-6-4-5-11-32-16/h12,16H,4-11,13-14H2,1-3H3/t16-/m1/s1. The van der Waals surface area contributed by atoms with Crippen molar-refractivity contribution < 1.29 is 19.0 Å². The van der Waals surface area contributed by atoms with E-state index >= 15 is 0 Å². The second-order valence-corrected chi connectivity index (χ2v) is 8.97. The van der Waals surface area contributed by atoms with Crippen LogP contribution >= 0.6 is 11.6 Å². The number of fused-ring (bicyclic) bond motifs is 1. The van der Waals surface area contributed by atoms with E-state index < -0.39 is 5.97 Å². The molecule has 10 heteroatoms. The van der Waals surface area contributed by atoms with E-state index in [0.717, 1.165) is 30.5 Å². The number of esters is 1. The minimum atomic E-state index is -0.502. The van der Waals surface area contributed by atoms with Gasteiger partial charge in [0.2, 0.25) is 0 Å². The van der Waals surface area contributed by atoms with Gasteiger partial charge in [-0.05, 0) is 26.2 Å². The summed E-state index contributed by atoms with van der Waals surface area (Å²) in [4.78, 5) is 28.0. The molecule has 4 heterocycles. The molecule has 2 aromatic heterocycles. The number of ether oxygens (including phenoxy) is 3. The first-order valence-corrected chi connectivity index (χ1v) is 11.8. The van der Waals surface area contributed by atoms with Crippen LogP contribution in [0.4, 0.5) is 0 Å². The van der Waals surface area contributed by atoms with Crippen molar-refractivity contribution in [3.63, 3.8) is 0 Å². The summed E-state index contributed by atoms with van der Waals surface area (Å²) in [6, 6.07) is 1.40. The number of pyridine rings is 1. The molecule has 1 fully saturated rings. The van der Waals surface area contributed by atoms with Crippen LogP contribution in [0.15, 0.2) is 10.9 Å². The van der Waals surface area contributed by atoms with Crippen molar-refractivity contribution in [2.75, 3.05) is 33.4 Å². The number of nitrogens with zero attached hydrogens (tertiary/aromatic N) is 4. The van der Waals surface area contributed by atoms with E-state index in [1.54, 1.807) is 9.25 Å². The van der Waals surface area contributed by atoms with Gasteiger partial charge in [0.15, 0.2) is 0 Å². The summed E-state index contributed by atoms with van der Waals surface area (Å²) < 4.78 is 20.1. The summed E-state index contributed by atoms with van der Waals surface area (Å²) in [5.74, 6) is -0.232. The van der Waals surface area contributed by atoms with E-state index in [9.17, 15) is 9.59 Å². The topological polar surface area (TPSA) is 87.8 Å². The largest absolute Gasteiger partial charge is 0.490 e. The number of hydrogen-bond acceptors (Lipinski definition) is 7. The number of halogens is 1. The van der Waals surface area contributed by atoms with E-state index in [1.165, 1.54) is 13.2 Å². The molecule has 0 saturated carbocycles. The normalized spacial score (nSPS) is 19.1. The smallest absolute Gasteiger partial charge is 0.343 e. The summed E-state index contributed by atoms with van der Waals surface area (Å²) in [7, 11) is 3.16. The Morgan fingerprint density at radius 1 is 1.30 bits per heavy atom. The third-order valence-corrected chi connectivity index (χ3v) is 6.90. The van der Waals surface area contributed by atoms with Gasteiger partial charge in [-0.25, -0.2) is 4.79 Å². The molecule has 1 atom stereocenters. The lowest BCUT2D eigenvalue weighted by molar-refractivity contribution is -0.0114. The molecule has 2 aliphatic heterocycles. The Kier molecular flexibility index (Phi) is 7.41. The molecule has 1 saturated heterocycles. The number of methoxy groups -OCH3 is 1. The molecular formula is C23H31ClN4O5. The molecule has 4 rings (SSSR count). The zero-order chi connectivity index (χ0) is 23.5. The monoisotopic (exact) mass is 478 g/mol. The lowest BCUT2D eigenvalue weighted by atomic mass is 10.1. The molecule has 0 amide bonds. The van der Waals surface area contributed by atoms with Gasteiger partial charge in [-0.3, -0.25) is 14.4 Å². The van der Waals surface area contributed by atoms with Crippen LogP contribution in [-0.2, 0) is 36.0 Å². The summed E-state index contributed by atoms with van der Waals surface area (Å²) >= 11 is 6.42. The molecule has 0 N–H and O–H groups in total. The van der Waals surface area contributed by atoms with Crippen molar-refractivity contribution in [2.24, 2.45) is 7.05 Å². The number of carbonyl (C=O) groups excluding carboxylic acids is 1. The number of hydrogen-bond donors (Lipinski definition) is 0. The average molecular weight is 479 g/mol. The third kappa shape index (κ3) is 5.10. The Bertz CT molecular complexity index is 1070. The fourth-order valence-corrected chi connectivity index (χ4v) is 4.82. The minimum Gasteiger partial charge on any atom is -0.490 e. The molecule has 180 valence electrons. The maximum absolute atomic E-state index is 13.0. The Morgan fingerprint density at radius 3 is 2.79 bits per heavy atom. The zero-order valence-corrected chi connectivity index (χ0v) is 20.2. The average Bonchev–Trinajstić information content (AvgIpc) is 2.96. The molecule has 0 radical (unpaired) electrons. The molecule has 2 aliphatic rings. The maximum atomic E-state index is 13.0. The molecule has 33 heavy (non-hydrogen) atoms. The number of rotatable bonds is 6. The molecule has 0 aromatic carbocycles. The molecule has 2 aromatic rings. The Hall–Kier alpha value is -2.36. The predicted octanol–water partition coefficient (Wildman–Crippen LogP) is 2.34. The van der Waals surface area contributed by atoms with Gasteiger partial charge in [0.25, 0.3) is 5.56 Å². The predicted molar refractivity (Wildman–Crippen MR) is 123 cm³/mol. The van der Waals surface area contributed by atoms with Gasteiger partial charge in [-0.15, -0.1) is 0 Å². The van der Waals surface area contributed by atoms with E-state index in [4.69, 9.17) is 25.8 Å². The second-order valence-electron chi connectivity index (χ2n) is 8.62. The van der Waals surface area contributed by atoms with Crippen LogP contribution in [-0.4, -0.2) is 64.7 Å². The maximum Gasteiger partial charge on any atom is 0.343 e. The van der Waals surface area contributed by atoms with Gasteiger partial charge in [0, 0.05) is 63.6 Å². The molecule has 0 spiro atoms. The highest BCUT2D eigenvalue weighted by Gasteiger charge is 2.27. The van der Waals surface area contributed by atoms with Gasteiger partial charge in [-0.2, -0.15) is 5.10 Å². The quantitative estimate of drug-likeness (QED) is 0.589. The van der Waals surface area contributed by atoms with Crippen molar-refractivity contribution >= 4 is 17.6 Å². The SMILES string of the molecule is COC(=O)c1c(OC[C@H]2CCCCO2)cc(=O)n2c1CCN(Cc1c(C)nn(C)c1Cl)CC2. The molecule has 9 nitrogen and oxygen atoms in total. The van der Waals surface area contributed by atoms with Gasteiger partial charge >= 0.3 is 5.97 Å². The fourth-order valence-electron chi connectivity index (χ4n) is 4.59. The van der Waals surface area contributed by atoms with E-state index in [2.05, 4.69) is 10.00 Å². The Balaban J connectivity index is 1.58. The van der Waals surface area contributed by atoms with Crippen molar-refractivity contribution in [1.82, 2.24) is 19.2 Å². The first-order valence-electron chi connectivity index (χ1n) is 11.4. The summed E-state index contributed by atoms with van der Waals surface area (Å²) in [5, 5.41) is 5.00. The third-order valence-electron chi connectivity index (χ3n) is 6.43. The van der Waals surface area contributed by atoms with Gasteiger partial charge < -0.3 is 18.8 Å². The van der Waals surface area contributed by atoms with E-state index in [1.807, 2.05) is 14.0 Å². The number of aromatic nitrogens is 3. The van der Waals surface area contributed by atoms with E-state index in [0.29, 0.717) is 62.2 Å². The van der Waals surface area contributed by atoms with Crippen LogP contribution in [0.3, 0.4) is 0 Å². The van der Waals surface area contributed by atoms with Crippen molar-refractivity contribution in [3.8, 4) is 5.75 Å². The van der Waals surface area contributed by atoms with Crippen LogP contribution < -0.4 is 10.3 Å². The van der Waals surface area contributed by atoms with Crippen molar-refractivity contribution in [2.45, 2.75) is 51.8 Å². The highest BCUT2D eigenvalue weighted by molar-refractivity contribution is 6.30. The van der Waals surface area contributed by atoms with Gasteiger partial charge in [0.1, 0.15) is 23.1 Å².